The largest absolute Gasteiger partial charge is 0.462 e. The van der Waals surface area contributed by atoms with Crippen LogP contribution in [0.4, 0.5) is 0 Å². The molecule has 3 nitrogen and oxygen atoms in total. The molecule has 0 N–H and O–H groups in total. The third-order valence-corrected chi connectivity index (χ3v) is 4.19. The van der Waals surface area contributed by atoms with Crippen LogP contribution in [0.2, 0.25) is 5.54 Å². The Labute approximate surface area is 120 Å². The van der Waals surface area contributed by atoms with Crippen LogP contribution in [0.1, 0.15) is 59.8 Å². The Morgan fingerprint density at radius 1 is 1.26 bits per heavy atom. The molecule has 0 saturated heterocycles. The summed E-state index contributed by atoms with van der Waals surface area (Å²) >= 11 is 0. The van der Waals surface area contributed by atoms with E-state index < -0.39 is 0 Å². The van der Waals surface area contributed by atoms with Crippen molar-refractivity contribution < 1.29 is 14.0 Å². The molecule has 0 aliphatic heterocycles. The number of ether oxygens (including phenoxy) is 1. The molecule has 1 atom stereocenters. The highest BCUT2D eigenvalue weighted by Gasteiger charge is 2.13. The zero-order chi connectivity index (χ0) is 14.7. The monoisotopic (exact) mass is 284 g/mol. The van der Waals surface area contributed by atoms with Crippen LogP contribution in [0.3, 0.4) is 0 Å². The number of unbranched alkanes of at least 4 members (excludes halogenated alkanes) is 2. The summed E-state index contributed by atoms with van der Waals surface area (Å²) in [7, 11) is 0.499. The third-order valence-electron chi connectivity index (χ3n) is 2.67. The number of hydrogen-bond donors (Lipinski definition) is 0. The first kappa shape index (κ1) is 18.4. The van der Waals surface area contributed by atoms with Gasteiger partial charge in [-0.1, -0.05) is 39.2 Å². The zero-order valence-electron chi connectivity index (χ0n) is 12.8. The first-order chi connectivity index (χ1) is 8.97. The third kappa shape index (κ3) is 11.0. The van der Waals surface area contributed by atoms with E-state index in [2.05, 4.69) is 27.4 Å². The van der Waals surface area contributed by atoms with Crippen LogP contribution in [-0.2, 0) is 14.0 Å². The maximum atomic E-state index is 11.3. The average Bonchev–Trinajstić information content (AvgIpc) is 2.34. The summed E-state index contributed by atoms with van der Waals surface area (Å²) < 4.78 is 10.9. The summed E-state index contributed by atoms with van der Waals surface area (Å²) in [4.78, 5) is 11.3. The first-order valence-electron chi connectivity index (χ1n) is 7.21. The van der Waals surface area contributed by atoms with Gasteiger partial charge in [-0.2, -0.15) is 0 Å². The number of carbonyl (C=O) groups excluding carboxylic acids is 1. The number of rotatable bonds is 11. The van der Waals surface area contributed by atoms with Crippen LogP contribution < -0.4 is 0 Å². The fourth-order valence-electron chi connectivity index (χ4n) is 1.55. The topological polar surface area (TPSA) is 35.5 Å². The van der Waals surface area contributed by atoms with E-state index in [4.69, 9.17) is 9.16 Å². The van der Waals surface area contributed by atoms with E-state index in [-0.39, 0.29) is 12.1 Å². The molecule has 110 valence electrons. The molecule has 0 heterocycles. The minimum absolute atomic E-state index is 0.268. The highest BCUT2D eigenvalue weighted by molar-refractivity contribution is 6.29. The standard InChI is InChI=1S/C15H28O3Si/c1-6-7-8-9-14(19-18-13(4)5)10-11-17-15(16)12(2)3/h13-14H,2,6-11H2,1,3-5H3. The Bertz CT molecular complexity index is 264. The summed E-state index contributed by atoms with van der Waals surface area (Å²) in [6.07, 6.45) is 6.02. The van der Waals surface area contributed by atoms with E-state index in [0.29, 0.717) is 27.5 Å². The van der Waals surface area contributed by atoms with E-state index in [1.807, 2.05) is 0 Å². The molecule has 2 radical (unpaired) electrons. The second-order valence-electron chi connectivity index (χ2n) is 5.18. The van der Waals surface area contributed by atoms with Crippen molar-refractivity contribution in [3.8, 4) is 0 Å². The summed E-state index contributed by atoms with van der Waals surface area (Å²) in [6, 6.07) is 0. The molecule has 0 saturated carbocycles. The SMILES string of the molecule is C=C(C)C(=O)OCCC(CCCCC)[Si]OC(C)C. The molecule has 0 aliphatic carbocycles. The van der Waals surface area contributed by atoms with E-state index >= 15 is 0 Å². The van der Waals surface area contributed by atoms with Gasteiger partial charge < -0.3 is 9.16 Å². The van der Waals surface area contributed by atoms with Crippen LogP contribution in [-0.4, -0.2) is 28.4 Å². The quantitative estimate of drug-likeness (QED) is 0.250. The summed E-state index contributed by atoms with van der Waals surface area (Å²) in [6.45, 7) is 12.0. The van der Waals surface area contributed by atoms with Crippen LogP contribution in [0, 0.1) is 0 Å². The van der Waals surface area contributed by atoms with Gasteiger partial charge in [-0.15, -0.1) is 0 Å². The second kappa shape index (κ2) is 11.2. The Kier molecular flexibility index (Phi) is 10.9. The van der Waals surface area contributed by atoms with Crippen molar-refractivity contribution in [3.63, 3.8) is 0 Å². The van der Waals surface area contributed by atoms with Gasteiger partial charge in [0, 0.05) is 11.7 Å². The van der Waals surface area contributed by atoms with Gasteiger partial charge in [-0.25, -0.2) is 4.79 Å². The predicted molar refractivity (Wildman–Crippen MR) is 80.3 cm³/mol. The lowest BCUT2D eigenvalue weighted by Crippen LogP contribution is -2.16. The van der Waals surface area contributed by atoms with Crippen LogP contribution in [0.5, 0.6) is 0 Å². The number of carbonyl (C=O) groups is 1. The fraction of sp³-hybridized carbons (Fsp3) is 0.800. The lowest BCUT2D eigenvalue weighted by atomic mass is 10.1. The molecule has 0 aliphatic rings. The molecule has 0 aromatic carbocycles. The van der Waals surface area contributed by atoms with Crippen molar-refractivity contribution in [3.05, 3.63) is 12.2 Å². The summed E-state index contributed by atoms with van der Waals surface area (Å²) in [5.74, 6) is -0.291. The maximum absolute atomic E-state index is 11.3. The van der Waals surface area contributed by atoms with Gasteiger partial charge in [0.1, 0.15) is 0 Å². The van der Waals surface area contributed by atoms with Crippen LogP contribution in [0.15, 0.2) is 12.2 Å². The van der Waals surface area contributed by atoms with Crippen LogP contribution in [0.25, 0.3) is 0 Å². The minimum Gasteiger partial charge on any atom is -0.462 e. The fourth-order valence-corrected chi connectivity index (χ4v) is 2.57. The molecular weight excluding hydrogens is 256 g/mol. The van der Waals surface area contributed by atoms with Gasteiger partial charge in [0.15, 0.2) is 0 Å². The van der Waals surface area contributed by atoms with E-state index in [1.54, 1.807) is 6.92 Å². The molecule has 4 heteroatoms. The molecule has 0 rings (SSSR count). The van der Waals surface area contributed by atoms with Gasteiger partial charge in [0.25, 0.3) is 0 Å². The lowest BCUT2D eigenvalue weighted by Gasteiger charge is -2.17. The van der Waals surface area contributed by atoms with Gasteiger partial charge in [-0.3, -0.25) is 0 Å². The highest BCUT2D eigenvalue weighted by Crippen LogP contribution is 2.20. The molecule has 0 bridgehead atoms. The van der Waals surface area contributed by atoms with E-state index in [1.165, 1.54) is 19.3 Å². The van der Waals surface area contributed by atoms with Crippen molar-refractivity contribution in [2.24, 2.45) is 0 Å². The Hall–Kier alpha value is -0.613. The molecular formula is C15H28O3Si. The Balaban J connectivity index is 3.95. The average molecular weight is 284 g/mol. The number of hydrogen-bond acceptors (Lipinski definition) is 3. The van der Waals surface area contributed by atoms with Crippen molar-refractivity contribution >= 4 is 15.7 Å². The van der Waals surface area contributed by atoms with E-state index in [0.717, 1.165) is 12.8 Å². The lowest BCUT2D eigenvalue weighted by molar-refractivity contribution is -0.139. The van der Waals surface area contributed by atoms with Gasteiger partial charge in [0.2, 0.25) is 9.76 Å². The van der Waals surface area contributed by atoms with Crippen molar-refractivity contribution in [2.45, 2.75) is 71.4 Å². The molecule has 0 spiro atoms. The predicted octanol–water partition coefficient (Wildman–Crippen LogP) is 3.91. The van der Waals surface area contributed by atoms with Gasteiger partial charge in [0.05, 0.1) is 6.61 Å². The molecule has 0 amide bonds. The molecule has 19 heavy (non-hydrogen) atoms. The molecule has 0 aromatic rings. The van der Waals surface area contributed by atoms with Crippen molar-refractivity contribution in [1.29, 1.82) is 0 Å². The number of esters is 1. The smallest absolute Gasteiger partial charge is 0.333 e. The second-order valence-corrected chi connectivity index (χ2v) is 6.47. The maximum Gasteiger partial charge on any atom is 0.333 e. The van der Waals surface area contributed by atoms with Crippen molar-refractivity contribution in [1.82, 2.24) is 0 Å². The van der Waals surface area contributed by atoms with Crippen LogP contribution >= 0.6 is 0 Å². The van der Waals surface area contributed by atoms with E-state index in [9.17, 15) is 4.79 Å². The normalized spacial score (nSPS) is 12.5. The summed E-state index contributed by atoms with van der Waals surface area (Å²) in [5.41, 5.74) is 0.968. The summed E-state index contributed by atoms with van der Waals surface area (Å²) in [5, 5.41) is 0. The van der Waals surface area contributed by atoms with Crippen molar-refractivity contribution in [2.75, 3.05) is 6.61 Å². The van der Waals surface area contributed by atoms with Gasteiger partial charge >= 0.3 is 5.97 Å². The zero-order valence-corrected chi connectivity index (χ0v) is 13.8. The first-order valence-corrected chi connectivity index (χ1v) is 8.19. The Morgan fingerprint density at radius 3 is 2.47 bits per heavy atom. The van der Waals surface area contributed by atoms with Gasteiger partial charge in [-0.05, 0) is 32.7 Å². The molecule has 1 unspecified atom stereocenters. The molecule has 0 fully saturated rings. The Morgan fingerprint density at radius 2 is 1.95 bits per heavy atom. The molecule has 0 aromatic heterocycles. The highest BCUT2D eigenvalue weighted by atomic mass is 28.2. The minimum atomic E-state index is -0.291.